The highest BCUT2D eigenvalue weighted by Gasteiger charge is 2.67. The van der Waals surface area contributed by atoms with E-state index in [0.29, 0.717) is 59.7 Å². The predicted molar refractivity (Wildman–Crippen MR) is 440 cm³/mol. The summed E-state index contributed by atoms with van der Waals surface area (Å²) in [4.78, 5) is 93.6. The van der Waals surface area contributed by atoms with Crippen molar-refractivity contribution in [3.63, 3.8) is 0 Å². The Morgan fingerprint density at radius 3 is 1.05 bits per heavy atom. The van der Waals surface area contributed by atoms with Crippen LogP contribution in [0.4, 0.5) is 0 Å². The molecular weight excluding hydrogens is 1430 g/mol. The average molecular weight is 1600 g/mol. The van der Waals surface area contributed by atoms with Crippen molar-refractivity contribution in [1.82, 2.24) is 0 Å². The van der Waals surface area contributed by atoms with Crippen molar-refractivity contribution in [2.75, 3.05) is 28.4 Å². The van der Waals surface area contributed by atoms with Crippen molar-refractivity contribution in [3.8, 4) is 0 Å². The number of aliphatic carboxylic acids is 1. The Kier molecular flexibility index (Phi) is 31.3. The van der Waals surface area contributed by atoms with Crippen LogP contribution in [0, 0.1) is 131 Å². The first-order valence-electron chi connectivity index (χ1n) is 43.9. The van der Waals surface area contributed by atoms with Crippen LogP contribution in [-0.4, -0.2) is 132 Å². The van der Waals surface area contributed by atoms with Gasteiger partial charge in [-0.25, -0.2) is 0 Å². The van der Waals surface area contributed by atoms with E-state index in [-0.39, 0.29) is 92.1 Å². The maximum atomic E-state index is 12.9. The van der Waals surface area contributed by atoms with Gasteiger partial charge in [-0.05, 0) is 304 Å². The standard InChI is InChI=1S/C19H30O4.C13H18O2.C12H18O2.4C9H18O2.C7H12O2.C7H12O/c1-16(2,3)17(4,5)15(22)23-19-9-12-6-13(10-19)8-18(7-12,11-19)14(20)21;14-12-10-8-3-4-9(7-8)11(10)13(15-12)5-1-2-6-13;13-11-9-5-1-2-6-10(9)12(14-11)7-3-4-8-12;4*1-8(2,3)9(4,5)7(10)11-6;8-6-4-1-2-5(3-4)7(6)9;8-7-4-5-1-2-6(7)3-5/h12-13H,6-11H2,1-5H3,(H,20,21);8-11H,1-7H2;9-10H,1-8H2;4*1-6H3;4-9H,1-3H2;5-8H,1-4H2. The van der Waals surface area contributed by atoms with E-state index in [4.69, 9.17) is 33.2 Å². The first-order valence-corrected chi connectivity index (χ1v) is 43.9. The molecule has 0 aromatic rings. The van der Waals surface area contributed by atoms with Gasteiger partial charge >= 0.3 is 47.8 Å². The Hall–Kier alpha value is -4.36. The zero-order chi connectivity index (χ0) is 86.0. The lowest BCUT2D eigenvalue weighted by molar-refractivity contribution is -0.219. The summed E-state index contributed by atoms with van der Waals surface area (Å²) in [5, 5.41) is 37.5. The molecular formula is C94H162O19. The van der Waals surface area contributed by atoms with Crippen molar-refractivity contribution < 1.29 is 91.9 Å². The molecule has 113 heavy (non-hydrogen) atoms. The van der Waals surface area contributed by atoms with Gasteiger partial charge in [0.2, 0.25) is 0 Å². The molecule has 15 aliphatic rings. The van der Waals surface area contributed by atoms with Gasteiger partial charge in [0.05, 0.1) is 91.1 Å². The molecule has 15 unspecified atom stereocenters. The van der Waals surface area contributed by atoms with Crippen LogP contribution in [-0.2, 0) is 71.5 Å². The molecule has 0 aromatic heterocycles. The molecule has 13 saturated carbocycles. The molecule has 19 nitrogen and oxygen atoms in total. The van der Waals surface area contributed by atoms with E-state index in [9.17, 15) is 58.8 Å². The van der Waals surface area contributed by atoms with Gasteiger partial charge < -0.3 is 53.6 Å². The molecule has 2 spiro atoms. The molecule has 19 heteroatoms. The molecule has 2 saturated heterocycles. The summed E-state index contributed by atoms with van der Waals surface area (Å²) >= 11 is 0. The molecule has 652 valence electrons. The van der Waals surface area contributed by atoms with Crippen LogP contribution in [0.5, 0.6) is 0 Å². The molecule has 0 amide bonds. The van der Waals surface area contributed by atoms with E-state index in [1.54, 1.807) is 0 Å². The van der Waals surface area contributed by atoms with Crippen molar-refractivity contribution >= 4 is 47.8 Å². The molecule has 4 N–H and O–H groups in total. The molecule has 15 fully saturated rings. The van der Waals surface area contributed by atoms with E-state index in [2.05, 4.69) is 0 Å². The fraction of sp³-hybridized carbons (Fsp3) is 0.915. The van der Waals surface area contributed by atoms with Crippen molar-refractivity contribution in [2.24, 2.45) is 131 Å². The van der Waals surface area contributed by atoms with Crippen molar-refractivity contribution in [3.05, 3.63) is 0 Å². The number of carboxylic acid groups (broad SMARTS) is 1. The number of aliphatic hydroxyl groups is 3. The smallest absolute Gasteiger partial charge is 0.312 e. The number of fused-ring (bicyclic) bond motifs is 12. The number of carbonyl (C=O) groups excluding carboxylic acids is 7. The first-order chi connectivity index (χ1) is 51.6. The second-order valence-electron chi connectivity index (χ2n) is 45.3. The lowest BCUT2D eigenvalue weighted by Gasteiger charge is -2.60. The highest BCUT2D eigenvalue weighted by atomic mass is 16.6. The van der Waals surface area contributed by atoms with E-state index in [1.165, 1.54) is 112 Å². The first kappa shape index (κ1) is 97.5. The predicted octanol–water partition coefficient (Wildman–Crippen LogP) is 19.4. The van der Waals surface area contributed by atoms with Gasteiger partial charge in [-0.2, -0.15) is 0 Å². The maximum absolute atomic E-state index is 12.9. The number of carboxylic acids is 1. The minimum Gasteiger partial charge on any atom is -0.481 e. The summed E-state index contributed by atoms with van der Waals surface area (Å²) in [6.45, 7) is 49.6. The largest absolute Gasteiger partial charge is 0.481 e. The Labute approximate surface area is 683 Å². The highest BCUT2D eigenvalue weighted by molar-refractivity contribution is 5.81. The number of ether oxygens (including phenoxy) is 7. The van der Waals surface area contributed by atoms with E-state index in [1.807, 2.05) is 173 Å². The highest BCUT2D eigenvalue weighted by Crippen LogP contribution is 2.66. The van der Waals surface area contributed by atoms with Gasteiger partial charge in [0.1, 0.15) is 16.8 Å². The normalized spacial score (nSPS) is 32.9. The Morgan fingerprint density at radius 1 is 0.372 bits per heavy atom. The number of aliphatic hydroxyl groups excluding tert-OH is 3. The molecule has 15 atom stereocenters. The van der Waals surface area contributed by atoms with Crippen molar-refractivity contribution in [2.45, 2.75) is 388 Å². The summed E-state index contributed by atoms with van der Waals surface area (Å²) in [6, 6.07) is 0. The summed E-state index contributed by atoms with van der Waals surface area (Å²) in [6.07, 6.45) is 31.0. The molecule has 2 heterocycles. The van der Waals surface area contributed by atoms with Crippen LogP contribution in [0.2, 0.25) is 0 Å². The molecule has 2 aliphatic heterocycles. The average Bonchev–Trinajstić information content (AvgIpc) is 1.52. The van der Waals surface area contributed by atoms with Crippen LogP contribution in [0.3, 0.4) is 0 Å². The summed E-state index contributed by atoms with van der Waals surface area (Å²) in [5.41, 5.74) is -3.85. The third-order valence-corrected chi connectivity index (χ3v) is 33.0. The van der Waals surface area contributed by atoms with Gasteiger partial charge in [-0.3, -0.25) is 38.4 Å². The molecule has 13 aliphatic carbocycles. The summed E-state index contributed by atoms with van der Waals surface area (Å²) in [5.74, 6) is 5.34. The Balaban J connectivity index is 0.000000202. The number of hydrogen-bond acceptors (Lipinski definition) is 18. The fourth-order valence-corrected chi connectivity index (χ4v) is 20.8. The lowest BCUT2D eigenvalue weighted by atomic mass is 9.48. The number of hydrogen-bond donors (Lipinski definition) is 4. The quantitative estimate of drug-likeness (QED) is 0.136. The second-order valence-corrected chi connectivity index (χ2v) is 45.3. The minimum atomic E-state index is -0.692. The third kappa shape index (κ3) is 21.3. The van der Waals surface area contributed by atoms with Crippen LogP contribution in [0.15, 0.2) is 0 Å². The fourth-order valence-electron chi connectivity index (χ4n) is 20.8. The van der Waals surface area contributed by atoms with E-state index < -0.39 is 56.3 Å². The van der Waals surface area contributed by atoms with Gasteiger partial charge in [0.15, 0.2) is 0 Å². The van der Waals surface area contributed by atoms with Crippen LogP contribution >= 0.6 is 0 Å². The topological polar surface area (TPSA) is 282 Å². The monoisotopic (exact) mass is 1600 g/mol. The molecule has 15 rings (SSSR count). The zero-order valence-electron chi connectivity index (χ0n) is 76.4. The summed E-state index contributed by atoms with van der Waals surface area (Å²) in [7, 11) is 5.71. The Morgan fingerprint density at radius 2 is 0.726 bits per heavy atom. The molecule has 10 bridgehead atoms. The molecule has 0 radical (unpaired) electrons. The maximum Gasteiger partial charge on any atom is 0.312 e. The lowest BCUT2D eigenvalue weighted by Crippen LogP contribution is -2.60. The van der Waals surface area contributed by atoms with Crippen LogP contribution < -0.4 is 0 Å². The number of rotatable bonds is 7. The number of methoxy groups -OCH3 is 4. The van der Waals surface area contributed by atoms with Gasteiger partial charge in [-0.15, -0.1) is 0 Å². The SMILES string of the molecule is CC(C)(C)C(C)(C)C(=O)OC12CC3CC(C1)CC(C(=O)O)(C3)C2.COC(=O)C(C)(C)C(C)(C)C.COC(=O)C(C)(C)C(C)(C)C.COC(=O)C(C)(C)C(C)(C)C.COC(=O)C(C)(C)C(C)(C)C.O=C1OC2(CCCC2)C2C3CCC(C3)C12.O=C1OC2(CCCC2)C2CCCCC12.OC1C2CCC(C2)C1O.OC1CC2CCC1C2. The van der Waals surface area contributed by atoms with E-state index >= 15 is 0 Å². The Bertz CT molecular complexity index is 3040. The minimum absolute atomic E-state index is 0.00215. The van der Waals surface area contributed by atoms with Gasteiger partial charge in [-0.1, -0.05) is 117 Å². The van der Waals surface area contributed by atoms with Crippen molar-refractivity contribution in [1.29, 1.82) is 0 Å². The second kappa shape index (κ2) is 36.3. The molecule has 0 aromatic carbocycles. The third-order valence-electron chi connectivity index (χ3n) is 33.0. The van der Waals surface area contributed by atoms with Gasteiger partial charge in [0, 0.05) is 18.3 Å². The summed E-state index contributed by atoms with van der Waals surface area (Å²) < 4.78 is 36.5. The van der Waals surface area contributed by atoms with Crippen LogP contribution in [0.1, 0.15) is 353 Å². The number of esters is 7. The zero-order valence-corrected chi connectivity index (χ0v) is 76.4. The van der Waals surface area contributed by atoms with Crippen LogP contribution in [0.25, 0.3) is 0 Å². The number of carbonyl (C=O) groups is 8. The van der Waals surface area contributed by atoms with E-state index in [0.717, 1.165) is 102 Å². The van der Waals surface area contributed by atoms with Gasteiger partial charge in [0.25, 0.3) is 0 Å².